The van der Waals surface area contributed by atoms with Crippen molar-refractivity contribution in [3.8, 4) is 0 Å². The monoisotopic (exact) mass is 360 g/mol. The third-order valence-electron chi connectivity index (χ3n) is 5.66. The Labute approximate surface area is 164 Å². The lowest BCUT2D eigenvalue weighted by Crippen LogP contribution is -2.34. The van der Waals surface area contributed by atoms with Crippen molar-refractivity contribution in [2.75, 3.05) is 0 Å². The van der Waals surface area contributed by atoms with E-state index in [0.717, 1.165) is 17.5 Å². The van der Waals surface area contributed by atoms with E-state index >= 15 is 0 Å². The number of unbranched alkanes of at least 4 members (excludes halogenated alkanes) is 5. The van der Waals surface area contributed by atoms with Gasteiger partial charge in [0.05, 0.1) is 0 Å². The number of aryl methyl sites for hydroxylation is 1. The van der Waals surface area contributed by atoms with Crippen LogP contribution in [-0.4, -0.2) is 5.11 Å². The zero-order valence-corrected chi connectivity index (χ0v) is 16.5. The molecule has 1 N–H and O–H groups in total. The fourth-order valence-corrected chi connectivity index (χ4v) is 3.99. The highest BCUT2D eigenvalue weighted by Crippen LogP contribution is 2.40. The highest BCUT2D eigenvalue weighted by Gasteiger charge is 2.38. The molecule has 0 radical (unpaired) electrons. The van der Waals surface area contributed by atoms with Crippen molar-refractivity contribution in [3.05, 3.63) is 95.6 Å². The summed E-state index contributed by atoms with van der Waals surface area (Å²) in [7, 11) is 0. The van der Waals surface area contributed by atoms with Gasteiger partial charge < -0.3 is 5.11 Å². The molecule has 0 saturated carbocycles. The normalized spacial score (nSPS) is 15.9. The van der Waals surface area contributed by atoms with Crippen LogP contribution in [0.2, 0.25) is 0 Å². The minimum absolute atomic E-state index is 0.0377. The van der Waals surface area contributed by atoms with Crippen LogP contribution in [0.25, 0.3) is 0 Å². The molecule has 142 valence electrons. The first-order chi connectivity index (χ1) is 13.2. The maximum Gasteiger partial charge on any atom is 0.124 e. The SMILES string of the molecule is CCCCCCCCc1ccc(C(O)(c2ccccc2)C2C=CC=C2)cc1. The molecule has 1 nitrogen and oxygen atoms in total. The average Bonchev–Trinajstić information content (AvgIpc) is 3.26. The molecule has 0 aliphatic heterocycles. The number of hydrogen-bond donors (Lipinski definition) is 1. The molecule has 27 heavy (non-hydrogen) atoms. The number of rotatable bonds is 10. The van der Waals surface area contributed by atoms with Gasteiger partial charge in [0.1, 0.15) is 5.60 Å². The Balaban J connectivity index is 1.71. The van der Waals surface area contributed by atoms with Crippen molar-refractivity contribution in [2.24, 2.45) is 5.92 Å². The maximum absolute atomic E-state index is 11.7. The Morgan fingerprint density at radius 3 is 2.00 bits per heavy atom. The molecule has 1 atom stereocenters. The summed E-state index contributed by atoms with van der Waals surface area (Å²) in [5, 5.41) is 11.7. The smallest absolute Gasteiger partial charge is 0.124 e. The molecule has 0 fully saturated rings. The van der Waals surface area contributed by atoms with Crippen molar-refractivity contribution in [1.29, 1.82) is 0 Å². The van der Waals surface area contributed by atoms with E-state index in [-0.39, 0.29) is 5.92 Å². The molecule has 2 aromatic carbocycles. The first-order valence-electron chi connectivity index (χ1n) is 10.5. The van der Waals surface area contributed by atoms with Gasteiger partial charge in [-0.25, -0.2) is 0 Å². The summed E-state index contributed by atoms with van der Waals surface area (Å²) in [5.41, 5.74) is 2.24. The predicted octanol–water partition coefficient (Wildman–Crippen LogP) is 6.57. The molecule has 0 saturated heterocycles. The van der Waals surface area contributed by atoms with Gasteiger partial charge in [-0.3, -0.25) is 0 Å². The van der Waals surface area contributed by atoms with E-state index in [1.807, 2.05) is 42.5 Å². The topological polar surface area (TPSA) is 20.2 Å². The molecule has 2 aromatic rings. The largest absolute Gasteiger partial charge is 0.379 e. The molecule has 0 bridgehead atoms. The summed E-state index contributed by atoms with van der Waals surface area (Å²) >= 11 is 0. The summed E-state index contributed by atoms with van der Waals surface area (Å²) in [5.74, 6) is -0.0377. The van der Waals surface area contributed by atoms with Crippen LogP contribution in [0.3, 0.4) is 0 Å². The van der Waals surface area contributed by atoms with Gasteiger partial charge >= 0.3 is 0 Å². The fraction of sp³-hybridized carbons (Fsp3) is 0.385. The number of benzene rings is 2. The van der Waals surface area contributed by atoms with Gasteiger partial charge in [0.15, 0.2) is 0 Å². The van der Waals surface area contributed by atoms with Gasteiger partial charge in [0.25, 0.3) is 0 Å². The molecule has 0 amide bonds. The van der Waals surface area contributed by atoms with Crippen LogP contribution in [0.5, 0.6) is 0 Å². The lowest BCUT2D eigenvalue weighted by Gasteiger charge is -2.33. The van der Waals surface area contributed by atoms with E-state index < -0.39 is 5.60 Å². The number of hydrogen-bond acceptors (Lipinski definition) is 1. The van der Waals surface area contributed by atoms with Crippen molar-refractivity contribution < 1.29 is 5.11 Å². The van der Waals surface area contributed by atoms with Crippen LogP contribution in [-0.2, 0) is 12.0 Å². The molecule has 0 aromatic heterocycles. The van der Waals surface area contributed by atoms with Crippen LogP contribution in [0.1, 0.15) is 62.1 Å². The summed E-state index contributed by atoms with van der Waals surface area (Å²) in [6.45, 7) is 2.26. The van der Waals surface area contributed by atoms with E-state index in [9.17, 15) is 5.11 Å². The van der Waals surface area contributed by atoms with Crippen LogP contribution in [0, 0.1) is 5.92 Å². The average molecular weight is 361 g/mol. The summed E-state index contributed by atoms with van der Waals surface area (Å²) in [6, 6.07) is 18.6. The summed E-state index contributed by atoms with van der Waals surface area (Å²) in [4.78, 5) is 0. The van der Waals surface area contributed by atoms with Crippen LogP contribution < -0.4 is 0 Å². The van der Waals surface area contributed by atoms with Crippen molar-refractivity contribution >= 4 is 0 Å². The molecule has 0 spiro atoms. The van der Waals surface area contributed by atoms with Gasteiger partial charge in [0, 0.05) is 5.92 Å². The standard InChI is InChI=1S/C26H32O/c1-2-3-4-5-6-8-13-22-18-20-25(21-19-22)26(27,24-16-11-12-17-24)23-14-9-7-10-15-23/h7,9-12,14-21,24,27H,2-6,8,13H2,1H3. The Morgan fingerprint density at radius 2 is 1.33 bits per heavy atom. The molecule has 1 unspecified atom stereocenters. The Kier molecular flexibility index (Phi) is 7.06. The van der Waals surface area contributed by atoms with Crippen LogP contribution in [0.4, 0.5) is 0 Å². The number of aliphatic hydroxyl groups is 1. The minimum Gasteiger partial charge on any atom is -0.379 e. The van der Waals surface area contributed by atoms with Crippen molar-refractivity contribution in [1.82, 2.24) is 0 Å². The quantitative estimate of drug-likeness (QED) is 0.475. The van der Waals surface area contributed by atoms with Gasteiger partial charge in [-0.2, -0.15) is 0 Å². The number of allylic oxidation sites excluding steroid dienone is 2. The van der Waals surface area contributed by atoms with E-state index in [1.165, 1.54) is 44.1 Å². The summed E-state index contributed by atoms with van der Waals surface area (Å²) < 4.78 is 0. The van der Waals surface area contributed by atoms with Gasteiger partial charge in [-0.1, -0.05) is 118 Å². The Hall–Kier alpha value is -2.12. The lowest BCUT2D eigenvalue weighted by molar-refractivity contribution is 0.0548. The minimum atomic E-state index is -1.02. The second kappa shape index (κ2) is 9.71. The summed E-state index contributed by atoms with van der Waals surface area (Å²) in [6.07, 6.45) is 17.3. The highest BCUT2D eigenvalue weighted by molar-refractivity contribution is 5.42. The first kappa shape index (κ1) is 19.6. The van der Waals surface area contributed by atoms with Crippen LogP contribution >= 0.6 is 0 Å². The van der Waals surface area contributed by atoms with E-state index in [0.29, 0.717) is 0 Å². The third-order valence-corrected chi connectivity index (χ3v) is 5.66. The molecule has 1 aliphatic rings. The van der Waals surface area contributed by atoms with Gasteiger partial charge in [0.2, 0.25) is 0 Å². The third kappa shape index (κ3) is 4.78. The molecular formula is C26H32O. The maximum atomic E-state index is 11.7. The predicted molar refractivity (Wildman–Crippen MR) is 115 cm³/mol. The second-order valence-corrected chi connectivity index (χ2v) is 7.64. The van der Waals surface area contributed by atoms with Crippen molar-refractivity contribution in [2.45, 2.75) is 57.5 Å². The van der Waals surface area contributed by atoms with Crippen LogP contribution in [0.15, 0.2) is 78.9 Å². The highest BCUT2D eigenvalue weighted by atomic mass is 16.3. The zero-order chi connectivity index (χ0) is 19.0. The molecular weight excluding hydrogens is 328 g/mol. The van der Waals surface area contributed by atoms with E-state index in [1.54, 1.807) is 0 Å². The first-order valence-corrected chi connectivity index (χ1v) is 10.5. The van der Waals surface area contributed by atoms with Crippen molar-refractivity contribution in [3.63, 3.8) is 0 Å². The fourth-order valence-electron chi connectivity index (χ4n) is 3.99. The second-order valence-electron chi connectivity index (χ2n) is 7.64. The van der Waals surface area contributed by atoms with Gasteiger partial charge in [-0.05, 0) is 29.5 Å². The molecule has 1 aliphatic carbocycles. The Morgan fingerprint density at radius 1 is 0.741 bits per heavy atom. The zero-order valence-electron chi connectivity index (χ0n) is 16.5. The molecule has 3 rings (SSSR count). The molecule has 0 heterocycles. The van der Waals surface area contributed by atoms with E-state index in [4.69, 9.17) is 0 Å². The lowest BCUT2D eigenvalue weighted by atomic mass is 9.76. The van der Waals surface area contributed by atoms with Gasteiger partial charge in [-0.15, -0.1) is 0 Å². The Bertz CT molecular complexity index is 730. The molecule has 1 heteroatoms. The van der Waals surface area contributed by atoms with E-state index in [2.05, 4.69) is 43.3 Å².